The fraction of sp³-hybridized carbons (Fsp3) is 0.667. The number of rotatable bonds is 4. The summed E-state index contributed by atoms with van der Waals surface area (Å²) in [5.41, 5.74) is 4.96. The summed E-state index contributed by atoms with van der Waals surface area (Å²) in [6, 6.07) is -0.544. The van der Waals surface area contributed by atoms with Crippen molar-refractivity contribution in [3.63, 3.8) is 0 Å². The molecule has 0 spiro atoms. The van der Waals surface area contributed by atoms with Gasteiger partial charge in [-0.05, 0) is 5.92 Å². The van der Waals surface area contributed by atoms with E-state index in [0.29, 0.717) is 6.41 Å². The summed E-state index contributed by atoms with van der Waals surface area (Å²) in [4.78, 5) is 20.4. The standard InChI is InChI=1S/C6H12N2O2/c1-4(2)5(6(7)10)8-3-9/h3-5H,1-2H3,(H2,7,10)(H,8,9)/t5-/m0/s1. The summed E-state index contributed by atoms with van der Waals surface area (Å²) < 4.78 is 0. The van der Waals surface area contributed by atoms with Crippen molar-refractivity contribution in [3.8, 4) is 0 Å². The van der Waals surface area contributed by atoms with E-state index >= 15 is 0 Å². The minimum Gasteiger partial charge on any atom is -0.368 e. The van der Waals surface area contributed by atoms with Crippen molar-refractivity contribution in [3.05, 3.63) is 0 Å². The smallest absolute Gasteiger partial charge is 0.240 e. The Balaban J connectivity index is 3.97. The summed E-state index contributed by atoms with van der Waals surface area (Å²) in [7, 11) is 0. The molecule has 1 atom stereocenters. The molecule has 0 aromatic carbocycles. The maximum Gasteiger partial charge on any atom is 0.240 e. The lowest BCUT2D eigenvalue weighted by atomic mass is 10.0. The van der Waals surface area contributed by atoms with Gasteiger partial charge in [-0.25, -0.2) is 0 Å². The van der Waals surface area contributed by atoms with Crippen LogP contribution in [0.4, 0.5) is 0 Å². The minimum absolute atomic E-state index is 0.0442. The number of primary amides is 1. The van der Waals surface area contributed by atoms with E-state index in [2.05, 4.69) is 5.32 Å². The van der Waals surface area contributed by atoms with Crippen molar-refractivity contribution < 1.29 is 9.59 Å². The van der Waals surface area contributed by atoms with Crippen LogP contribution in [-0.4, -0.2) is 18.4 Å². The van der Waals surface area contributed by atoms with Crippen LogP contribution < -0.4 is 11.1 Å². The largest absolute Gasteiger partial charge is 0.368 e. The molecule has 0 aromatic rings. The average Bonchev–Trinajstić information content (AvgIpc) is 1.81. The molecule has 0 unspecified atom stereocenters. The Morgan fingerprint density at radius 1 is 1.60 bits per heavy atom. The average molecular weight is 144 g/mol. The highest BCUT2D eigenvalue weighted by molar-refractivity contribution is 5.82. The second kappa shape index (κ2) is 3.87. The third kappa shape index (κ3) is 2.48. The molecular weight excluding hydrogens is 132 g/mol. The van der Waals surface area contributed by atoms with E-state index in [9.17, 15) is 9.59 Å². The number of amides is 2. The molecule has 0 aliphatic rings. The molecule has 0 saturated heterocycles. The molecule has 4 nitrogen and oxygen atoms in total. The van der Waals surface area contributed by atoms with Crippen LogP contribution in [0.1, 0.15) is 13.8 Å². The lowest BCUT2D eigenvalue weighted by Crippen LogP contribution is -2.44. The van der Waals surface area contributed by atoms with Crippen molar-refractivity contribution in [2.75, 3.05) is 0 Å². The van der Waals surface area contributed by atoms with Crippen molar-refractivity contribution in [2.24, 2.45) is 11.7 Å². The molecular formula is C6H12N2O2. The highest BCUT2D eigenvalue weighted by atomic mass is 16.2. The van der Waals surface area contributed by atoms with E-state index in [0.717, 1.165) is 0 Å². The maximum atomic E-state index is 10.5. The second-order valence-corrected chi connectivity index (χ2v) is 2.41. The molecule has 0 fully saturated rings. The van der Waals surface area contributed by atoms with Crippen LogP contribution in [0, 0.1) is 5.92 Å². The molecule has 0 radical (unpaired) electrons. The van der Waals surface area contributed by atoms with E-state index in [1.807, 2.05) is 13.8 Å². The van der Waals surface area contributed by atoms with E-state index in [1.54, 1.807) is 0 Å². The van der Waals surface area contributed by atoms with Crippen molar-refractivity contribution in [1.82, 2.24) is 5.32 Å². The van der Waals surface area contributed by atoms with Crippen LogP contribution in [0.15, 0.2) is 0 Å². The van der Waals surface area contributed by atoms with Crippen LogP contribution >= 0.6 is 0 Å². The summed E-state index contributed by atoms with van der Waals surface area (Å²) in [6.07, 6.45) is 0.482. The van der Waals surface area contributed by atoms with Gasteiger partial charge < -0.3 is 11.1 Å². The summed E-state index contributed by atoms with van der Waals surface area (Å²) in [5.74, 6) is -0.454. The van der Waals surface area contributed by atoms with Crippen molar-refractivity contribution in [1.29, 1.82) is 0 Å². The SMILES string of the molecule is CC(C)[C@H](NC=O)C(N)=O. The Morgan fingerprint density at radius 2 is 2.10 bits per heavy atom. The van der Waals surface area contributed by atoms with E-state index in [-0.39, 0.29) is 5.92 Å². The van der Waals surface area contributed by atoms with Gasteiger partial charge in [0.15, 0.2) is 0 Å². The predicted molar refractivity (Wildman–Crippen MR) is 37.0 cm³/mol. The zero-order valence-electron chi connectivity index (χ0n) is 6.13. The molecule has 0 heterocycles. The van der Waals surface area contributed by atoms with Gasteiger partial charge in [0.05, 0.1) is 0 Å². The highest BCUT2D eigenvalue weighted by Crippen LogP contribution is 1.98. The summed E-state index contributed by atoms with van der Waals surface area (Å²) in [5, 5.41) is 2.33. The molecule has 0 aromatic heterocycles. The summed E-state index contributed by atoms with van der Waals surface area (Å²) >= 11 is 0. The normalized spacial score (nSPS) is 12.7. The molecule has 58 valence electrons. The first-order valence-electron chi connectivity index (χ1n) is 3.08. The molecule has 3 N–H and O–H groups in total. The first kappa shape index (κ1) is 8.94. The van der Waals surface area contributed by atoms with Gasteiger partial charge >= 0.3 is 0 Å². The van der Waals surface area contributed by atoms with Crippen LogP contribution in [0.5, 0.6) is 0 Å². The molecule has 4 heteroatoms. The van der Waals surface area contributed by atoms with Gasteiger partial charge in [0.25, 0.3) is 0 Å². The molecule has 0 aliphatic carbocycles. The second-order valence-electron chi connectivity index (χ2n) is 2.41. The Bertz CT molecular complexity index is 134. The first-order chi connectivity index (χ1) is 4.59. The quantitative estimate of drug-likeness (QED) is 0.509. The molecule has 0 bridgehead atoms. The lowest BCUT2D eigenvalue weighted by molar-refractivity contribution is -0.123. The minimum atomic E-state index is -0.544. The Hall–Kier alpha value is -1.06. The Kier molecular flexibility index (Phi) is 3.46. The molecule has 10 heavy (non-hydrogen) atoms. The maximum absolute atomic E-state index is 10.5. The van der Waals surface area contributed by atoms with Crippen LogP contribution in [0.2, 0.25) is 0 Å². The predicted octanol–water partition coefficient (Wildman–Crippen LogP) is -0.758. The highest BCUT2D eigenvalue weighted by Gasteiger charge is 2.17. The van der Waals surface area contributed by atoms with Gasteiger partial charge in [0.2, 0.25) is 12.3 Å². The summed E-state index contributed by atoms with van der Waals surface area (Å²) in [6.45, 7) is 3.62. The number of carbonyl (C=O) groups is 2. The number of hydrogen-bond donors (Lipinski definition) is 2. The number of nitrogens with one attached hydrogen (secondary N) is 1. The molecule has 2 amide bonds. The molecule has 0 aliphatic heterocycles. The molecule has 0 rings (SSSR count). The third-order valence-electron chi connectivity index (χ3n) is 1.22. The zero-order chi connectivity index (χ0) is 8.15. The van der Waals surface area contributed by atoms with Crippen molar-refractivity contribution in [2.45, 2.75) is 19.9 Å². The van der Waals surface area contributed by atoms with Gasteiger partial charge in [-0.2, -0.15) is 0 Å². The van der Waals surface area contributed by atoms with Gasteiger partial charge in [0.1, 0.15) is 6.04 Å². The first-order valence-corrected chi connectivity index (χ1v) is 3.08. The van der Waals surface area contributed by atoms with Gasteiger partial charge in [-0.1, -0.05) is 13.8 Å². The number of nitrogens with two attached hydrogens (primary N) is 1. The van der Waals surface area contributed by atoms with Crippen LogP contribution in [-0.2, 0) is 9.59 Å². The fourth-order valence-corrected chi connectivity index (χ4v) is 0.676. The van der Waals surface area contributed by atoms with E-state index < -0.39 is 11.9 Å². The Morgan fingerprint density at radius 3 is 2.20 bits per heavy atom. The monoisotopic (exact) mass is 144 g/mol. The fourth-order valence-electron chi connectivity index (χ4n) is 0.676. The number of hydrogen-bond acceptors (Lipinski definition) is 2. The topological polar surface area (TPSA) is 72.2 Å². The van der Waals surface area contributed by atoms with E-state index in [4.69, 9.17) is 5.73 Å². The Labute approximate surface area is 59.8 Å². The third-order valence-corrected chi connectivity index (χ3v) is 1.22. The van der Waals surface area contributed by atoms with Crippen LogP contribution in [0.25, 0.3) is 0 Å². The molecule has 0 saturated carbocycles. The zero-order valence-corrected chi connectivity index (χ0v) is 6.13. The number of carbonyl (C=O) groups excluding carboxylic acids is 2. The van der Waals surface area contributed by atoms with Gasteiger partial charge in [-0.3, -0.25) is 9.59 Å². The van der Waals surface area contributed by atoms with Crippen molar-refractivity contribution >= 4 is 12.3 Å². The van der Waals surface area contributed by atoms with Gasteiger partial charge in [0, 0.05) is 0 Å². The lowest BCUT2D eigenvalue weighted by Gasteiger charge is -2.14. The van der Waals surface area contributed by atoms with Crippen LogP contribution in [0.3, 0.4) is 0 Å². The van der Waals surface area contributed by atoms with Gasteiger partial charge in [-0.15, -0.1) is 0 Å². The van der Waals surface area contributed by atoms with E-state index in [1.165, 1.54) is 0 Å².